The molecule has 1 N–H and O–H groups in total. The highest BCUT2D eigenvalue weighted by Gasteiger charge is 2.34. The molecule has 0 saturated heterocycles. The lowest BCUT2D eigenvalue weighted by Gasteiger charge is -2.35. The number of rotatable bonds is 11. The molecular weight excluding hydrogens is 570 g/mol. The third-order valence-electron chi connectivity index (χ3n) is 8.36. The van der Waals surface area contributed by atoms with E-state index >= 15 is 0 Å². The molecule has 3 aromatic carbocycles. The molecule has 3 aromatic rings. The standard InChI is InChI=1S/C36H47N3O4S/c1-27-13-12-16-29(23-27)25-38(33(24-28-14-8-6-9-15-28)35(41)37-31-17-10-7-11-18-31)34(40)26-39(44(5,42)43)32-21-19-30(20-22-32)36(2,3)4/h6,8-9,12-16,19-23,31,33H,7,10-11,17-18,24-26H2,1-5H3,(H,37,41)/t33-/m1/s1. The Labute approximate surface area is 263 Å². The van der Waals surface area contributed by atoms with E-state index in [1.165, 1.54) is 0 Å². The van der Waals surface area contributed by atoms with Crippen LogP contribution < -0.4 is 9.62 Å². The monoisotopic (exact) mass is 617 g/mol. The summed E-state index contributed by atoms with van der Waals surface area (Å²) in [5, 5.41) is 3.24. The van der Waals surface area contributed by atoms with Gasteiger partial charge in [-0.1, -0.05) is 112 Å². The highest BCUT2D eigenvalue weighted by atomic mass is 32.2. The zero-order valence-electron chi connectivity index (χ0n) is 26.8. The van der Waals surface area contributed by atoms with Crippen molar-refractivity contribution < 1.29 is 18.0 Å². The van der Waals surface area contributed by atoms with Gasteiger partial charge in [-0.2, -0.15) is 0 Å². The summed E-state index contributed by atoms with van der Waals surface area (Å²) >= 11 is 0. The molecule has 2 amide bonds. The van der Waals surface area contributed by atoms with Crippen LogP contribution in [-0.4, -0.2) is 50.0 Å². The average Bonchev–Trinajstić information content (AvgIpc) is 2.97. The van der Waals surface area contributed by atoms with Crippen molar-refractivity contribution in [3.8, 4) is 0 Å². The molecular formula is C36H47N3O4S. The number of sulfonamides is 1. The summed E-state index contributed by atoms with van der Waals surface area (Å²) in [5.41, 5.74) is 4.21. The third kappa shape index (κ3) is 9.18. The van der Waals surface area contributed by atoms with Crippen LogP contribution in [0.1, 0.15) is 75.1 Å². The molecule has 0 bridgehead atoms. The van der Waals surface area contributed by atoms with E-state index in [4.69, 9.17) is 0 Å². The normalized spacial score (nSPS) is 14.9. The fraction of sp³-hybridized carbons (Fsp3) is 0.444. The fourth-order valence-corrected chi connectivity index (χ4v) is 6.70. The Morgan fingerprint density at radius 2 is 1.52 bits per heavy atom. The van der Waals surface area contributed by atoms with Crippen molar-refractivity contribution >= 4 is 27.5 Å². The zero-order chi connectivity index (χ0) is 31.9. The summed E-state index contributed by atoms with van der Waals surface area (Å²) in [6, 6.07) is 24.1. The van der Waals surface area contributed by atoms with E-state index in [0.717, 1.165) is 64.9 Å². The van der Waals surface area contributed by atoms with Crippen LogP contribution in [0.2, 0.25) is 0 Å². The van der Waals surface area contributed by atoms with Gasteiger partial charge >= 0.3 is 0 Å². The van der Waals surface area contributed by atoms with Crippen LogP contribution >= 0.6 is 0 Å². The van der Waals surface area contributed by atoms with Crippen LogP contribution in [0.4, 0.5) is 5.69 Å². The van der Waals surface area contributed by atoms with Crippen molar-refractivity contribution in [2.45, 2.75) is 90.3 Å². The first-order valence-corrected chi connectivity index (χ1v) is 17.4. The molecule has 0 radical (unpaired) electrons. The average molecular weight is 618 g/mol. The number of benzene rings is 3. The maximum atomic E-state index is 14.4. The predicted octanol–water partition coefficient (Wildman–Crippen LogP) is 6.15. The first-order valence-electron chi connectivity index (χ1n) is 15.6. The van der Waals surface area contributed by atoms with Crippen LogP contribution in [0.15, 0.2) is 78.9 Å². The Balaban J connectivity index is 1.72. The Hall–Kier alpha value is -3.65. The summed E-state index contributed by atoms with van der Waals surface area (Å²) in [5.74, 6) is -0.640. The number of carbonyl (C=O) groups is 2. The van der Waals surface area contributed by atoms with Crippen LogP contribution in [0.3, 0.4) is 0 Å². The molecule has 8 heteroatoms. The van der Waals surface area contributed by atoms with Crippen LogP contribution in [0, 0.1) is 6.92 Å². The number of hydrogen-bond acceptors (Lipinski definition) is 4. The molecule has 236 valence electrons. The van der Waals surface area contributed by atoms with Crippen LogP contribution in [-0.2, 0) is 38.0 Å². The largest absolute Gasteiger partial charge is 0.352 e. The van der Waals surface area contributed by atoms with Gasteiger partial charge in [-0.25, -0.2) is 8.42 Å². The minimum absolute atomic E-state index is 0.0688. The molecule has 44 heavy (non-hydrogen) atoms. The van der Waals surface area contributed by atoms with Gasteiger partial charge in [0.1, 0.15) is 12.6 Å². The lowest BCUT2D eigenvalue weighted by atomic mass is 9.87. The first kappa shape index (κ1) is 33.2. The highest BCUT2D eigenvalue weighted by Crippen LogP contribution is 2.27. The molecule has 0 unspecified atom stereocenters. The van der Waals surface area contributed by atoms with E-state index < -0.39 is 28.5 Å². The number of amides is 2. The quantitative estimate of drug-likeness (QED) is 0.280. The third-order valence-corrected chi connectivity index (χ3v) is 9.50. The van der Waals surface area contributed by atoms with Gasteiger partial charge in [0.2, 0.25) is 21.8 Å². The maximum Gasteiger partial charge on any atom is 0.244 e. The molecule has 0 aliphatic heterocycles. The number of anilines is 1. The van der Waals surface area contributed by atoms with Gasteiger partial charge in [0, 0.05) is 19.0 Å². The van der Waals surface area contributed by atoms with Crippen molar-refractivity contribution in [3.05, 3.63) is 101 Å². The lowest BCUT2D eigenvalue weighted by Crippen LogP contribution is -2.55. The SMILES string of the molecule is Cc1cccc(CN(C(=O)CN(c2ccc(C(C)(C)C)cc2)S(C)(=O)=O)[C@H](Cc2ccccc2)C(=O)NC2CCCCC2)c1. The molecule has 1 saturated carbocycles. The number of carbonyl (C=O) groups excluding carboxylic acids is 2. The molecule has 0 aromatic heterocycles. The lowest BCUT2D eigenvalue weighted by molar-refractivity contribution is -0.140. The van der Waals surface area contributed by atoms with E-state index in [9.17, 15) is 18.0 Å². The van der Waals surface area contributed by atoms with Crippen molar-refractivity contribution in [1.82, 2.24) is 10.2 Å². The molecule has 1 aliphatic rings. The minimum Gasteiger partial charge on any atom is -0.352 e. The first-order chi connectivity index (χ1) is 20.8. The van der Waals surface area contributed by atoms with Crippen LogP contribution in [0.5, 0.6) is 0 Å². The number of hydrogen-bond donors (Lipinski definition) is 1. The van der Waals surface area contributed by atoms with E-state index in [1.807, 2.05) is 73.7 Å². The predicted molar refractivity (Wildman–Crippen MR) is 178 cm³/mol. The second kappa shape index (κ2) is 14.4. The van der Waals surface area contributed by atoms with Gasteiger partial charge in [0.05, 0.1) is 11.9 Å². The van der Waals surface area contributed by atoms with Crippen molar-refractivity contribution in [3.63, 3.8) is 0 Å². The zero-order valence-corrected chi connectivity index (χ0v) is 27.6. The van der Waals surface area contributed by atoms with Gasteiger partial charge in [-0.05, 0) is 54.0 Å². The van der Waals surface area contributed by atoms with Crippen LogP contribution in [0.25, 0.3) is 0 Å². The molecule has 7 nitrogen and oxygen atoms in total. The van der Waals surface area contributed by atoms with E-state index in [2.05, 4.69) is 26.1 Å². The summed E-state index contributed by atoms with van der Waals surface area (Å²) in [6.45, 7) is 8.02. The fourth-order valence-electron chi connectivity index (χ4n) is 5.85. The Morgan fingerprint density at radius 1 is 0.886 bits per heavy atom. The Morgan fingerprint density at radius 3 is 2.11 bits per heavy atom. The minimum atomic E-state index is -3.82. The van der Waals surface area contributed by atoms with Gasteiger partial charge in [-0.3, -0.25) is 13.9 Å². The molecule has 1 atom stereocenters. The van der Waals surface area contributed by atoms with Gasteiger partial charge < -0.3 is 10.2 Å². The van der Waals surface area contributed by atoms with Gasteiger partial charge in [-0.15, -0.1) is 0 Å². The van der Waals surface area contributed by atoms with Crippen molar-refractivity contribution in [2.75, 3.05) is 17.1 Å². The van der Waals surface area contributed by atoms with Gasteiger partial charge in [0.25, 0.3) is 0 Å². The maximum absolute atomic E-state index is 14.4. The van der Waals surface area contributed by atoms with Crippen molar-refractivity contribution in [2.24, 2.45) is 0 Å². The summed E-state index contributed by atoms with van der Waals surface area (Å²) in [6.07, 6.45) is 6.56. The van der Waals surface area contributed by atoms with E-state index in [0.29, 0.717) is 12.1 Å². The summed E-state index contributed by atoms with van der Waals surface area (Å²) in [4.78, 5) is 30.0. The number of nitrogens with one attached hydrogen (secondary N) is 1. The summed E-state index contributed by atoms with van der Waals surface area (Å²) < 4.78 is 27.4. The van der Waals surface area contributed by atoms with Gasteiger partial charge in [0.15, 0.2) is 0 Å². The molecule has 0 heterocycles. The highest BCUT2D eigenvalue weighted by molar-refractivity contribution is 7.92. The Kier molecular flexibility index (Phi) is 10.9. The van der Waals surface area contributed by atoms with Crippen molar-refractivity contribution in [1.29, 1.82) is 0 Å². The smallest absolute Gasteiger partial charge is 0.244 e. The second-order valence-corrected chi connectivity index (χ2v) is 15.0. The molecule has 1 fully saturated rings. The second-order valence-electron chi connectivity index (χ2n) is 13.1. The topological polar surface area (TPSA) is 86.8 Å². The molecule has 4 rings (SSSR count). The van der Waals surface area contributed by atoms with E-state index in [-0.39, 0.29) is 23.9 Å². The Bertz CT molecular complexity index is 1510. The number of aryl methyl sites for hydroxylation is 1. The molecule has 0 spiro atoms. The molecule has 1 aliphatic carbocycles. The van der Waals surface area contributed by atoms with E-state index in [1.54, 1.807) is 17.0 Å². The number of nitrogens with zero attached hydrogens (tertiary/aromatic N) is 2. The summed E-state index contributed by atoms with van der Waals surface area (Å²) in [7, 11) is -3.82.